The van der Waals surface area contributed by atoms with Gasteiger partial charge in [-0.25, -0.2) is 0 Å². The van der Waals surface area contributed by atoms with E-state index in [9.17, 15) is 4.79 Å². The number of nitrogens with one attached hydrogen (secondary N) is 2. The maximum absolute atomic E-state index is 12.7. The Balaban J connectivity index is 1.47. The molecule has 3 aliphatic rings. The van der Waals surface area contributed by atoms with Crippen molar-refractivity contribution in [3.8, 4) is 0 Å². The fourth-order valence-electron chi connectivity index (χ4n) is 4.62. The molecule has 3 rings (SSSR count). The van der Waals surface area contributed by atoms with E-state index in [-0.39, 0.29) is 5.92 Å². The van der Waals surface area contributed by atoms with E-state index in [0.717, 1.165) is 77.6 Å². The predicted octanol–water partition coefficient (Wildman–Crippen LogP) is 0.969. The molecule has 2 heterocycles. The molecule has 28 heavy (non-hydrogen) atoms. The summed E-state index contributed by atoms with van der Waals surface area (Å²) >= 11 is 0. The number of piperazine rings is 1. The SMILES string of the molecule is CCNC(=NCC(C)N1CCN(C)CC1)NC1CCN(C(=O)C2CCCC2)C1. The van der Waals surface area contributed by atoms with E-state index in [1.165, 1.54) is 12.8 Å². The molecule has 1 aliphatic carbocycles. The minimum Gasteiger partial charge on any atom is -0.357 e. The molecule has 0 aromatic heterocycles. The van der Waals surface area contributed by atoms with Gasteiger partial charge < -0.3 is 20.4 Å². The third-order valence-corrected chi connectivity index (χ3v) is 6.56. The lowest BCUT2D eigenvalue weighted by molar-refractivity contribution is -0.134. The molecule has 0 aromatic carbocycles. The van der Waals surface area contributed by atoms with E-state index >= 15 is 0 Å². The van der Waals surface area contributed by atoms with E-state index < -0.39 is 0 Å². The Hall–Kier alpha value is -1.34. The van der Waals surface area contributed by atoms with Crippen molar-refractivity contribution in [1.82, 2.24) is 25.3 Å². The number of hydrogen-bond acceptors (Lipinski definition) is 4. The van der Waals surface area contributed by atoms with Crippen molar-refractivity contribution in [2.75, 3.05) is 59.4 Å². The molecule has 2 saturated heterocycles. The van der Waals surface area contributed by atoms with Gasteiger partial charge in [0, 0.05) is 63.8 Å². The van der Waals surface area contributed by atoms with E-state index in [0.29, 0.717) is 18.0 Å². The van der Waals surface area contributed by atoms with Crippen LogP contribution >= 0.6 is 0 Å². The summed E-state index contributed by atoms with van der Waals surface area (Å²) in [6.45, 7) is 12.2. The van der Waals surface area contributed by atoms with Gasteiger partial charge in [-0.3, -0.25) is 14.7 Å². The molecule has 1 amide bonds. The Morgan fingerprint density at radius 3 is 2.50 bits per heavy atom. The minimum absolute atomic E-state index is 0.282. The number of carbonyl (C=O) groups is 1. The molecule has 2 atom stereocenters. The summed E-state index contributed by atoms with van der Waals surface area (Å²) in [4.78, 5) is 24.5. The monoisotopic (exact) mass is 392 g/mol. The number of hydrogen-bond donors (Lipinski definition) is 2. The van der Waals surface area contributed by atoms with E-state index in [2.05, 4.69) is 46.2 Å². The van der Waals surface area contributed by atoms with Crippen molar-refractivity contribution in [2.45, 2.75) is 58.0 Å². The van der Waals surface area contributed by atoms with Crippen molar-refractivity contribution in [3.05, 3.63) is 0 Å². The van der Waals surface area contributed by atoms with Crippen molar-refractivity contribution in [1.29, 1.82) is 0 Å². The Morgan fingerprint density at radius 2 is 1.82 bits per heavy atom. The summed E-state index contributed by atoms with van der Waals surface area (Å²) < 4.78 is 0. The molecule has 160 valence electrons. The number of likely N-dealkylation sites (tertiary alicyclic amines) is 1. The van der Waals surface area contributed by atoms with Crippen LogP contribution in [0.15, 0.2) is 4.99 Å². The zero-order valence-electron chi connectivity index (χ0n) is 18.1. The summed E-state index contributed by atoms with van der Waals surface area (Å²) in [5.41, 5.74) is 0. The topological polar surface area (TPSA) is 63.2 Å². The normalized spacial score (nSPS) is 26.6. The molecule has 0 radical (unpaired) electrons. The van der Waals surface area contributed by atoms with Crippen LogP contribution in [0.4, 0.5) is 0 Å². The van der Waals surface area contributed by atoms with Gasteiger partial charge in [-0.05, 0) is 40.2 Å². The number of aliphatic imine (C=N–C) groups is 1. The molecule has 2 aliphatic heterocycles. The number of carbonyl (C=O) groups excluding carboxylic acids is 1. The molecule has 7 heteroatoms. The lowest BCUT2D eigenvalue weighted by Gasteiger charge is -2.36. The van der Waals surface area contributed by atoms with Gasteiger partial charge >= 0.3 is 0 Å². The summed E-state index contributed by atoms with van der Waals surface area (Å²) in [5, 5.41) is 6.96. The molecule has 1 saturated carbocycles. The van der Waals surface area contributed by atoms with Crippen LogP contribution in [0.1, 0.15) is 46.0 Å². The number of guanidine groups is 1. The molecule has 2 unspecified atom stereocenters. The van der Waals surface area contributed by atoms with Gasteiger partial charge in [-0.1, -0.05) is 12.8 Å². The fraction of sp³-hybridized carbons (Fsp3) is 0.905. The van der Waals surface area contributed by atoms with Crippen LogP contribution in [0.5, 0.6) is 0 Å². The van der Waals surface area contributed by atoms with E-state index in [1.54, 1.807) is 0 Å². The van der Waals surface area contributed by atoms with Crippen LogP contribution in [-0.2, 0) is 4.79 Å². The van der Waals surface area contributed by atoms with Gasteiger partial charge in [-0.15, -0.1) is 0 Å². The van der Waals surface area contributed by atoms with Gasteiger partial charge in [0.2, 0.25) is 5.91 Å². The number of amides is 1. The summed E-state index contributed by atoms with van der Waals surface area (Å²) in [6.07, 6.45) is 5.61. The first-order valence-electron chi connectivity index (χ1n) is 11.3. The second-order valence-electron chi connectivity index (χ2n) is 8.80. The highest BCUT2D eigenvalue weighted by atomic mass is 16.2. The Bertz CT molecular complexity index is 525. The third kappa shape index (κ3) is 5.83. The van der Waals surface area contributed by atoms with Gasteiger partial charge in [-0.2, -0.15) is 0 Å². The highest BCUT2D eigenvalue weighted by Crippen LogP contribution is 2.27. The van der Waals surface area contributed by atoms with E-state index in [4.69, 9.17) is 4.99 Å². The summed E-state index contributed by atoms with van der Waals surface area (Å²) in [5.74, 6) is 1.56. The molecule has 7 nitrogen and oxygen atoms in total. The molecule has 0 spiro atoms. The fourth-order valence-corrected chi connectivity index (χ4v) is 4.62. The second-order valence-corrected chi connectivity index (χ2v) is 8.80. The predicted molar refractivity (Wildman–Crippen MR) is 115 cm³/mol. The smallest absolute Gasteiger partial charge is 0.225 e. The first kappa shape index (κ1) is 21.4. The van der Waals surface area contributed by atoms with Crippen LogP contribution in [0.25, 0.3) is 0 Å². The highest BCUT2D eigenvalue weighted by molar-refractivity contribution is 5.81. The maximum Gasteiger partial charge on any atom is 0.225 e. The standard InChI is InChI=1S/C21H40N6O/c1-4-22-21(23-15-17(2)26-13-11-25(3)12-14-26)24-19-9-10-27(16-19)20(28)18-7-5-6-8-18/h17-19H,4-16H2,1-3H3,(H2,22,23,24). The van der Waals surface area contributed by atoms with Gasteiger partial charge in [0.25, 0.3) is 0 Å². The van der Waals surface area contributed by atoms with Gasteiger partial charge in [0.05, 0.1) is 6.54 Å². The first-order valence-corrected chi connectivity index (χ1v) is 11.3. The Kier molecular flexibility index (Phi) is 7.97. The maximum atomic E-state index is 12.7. The highest BCUT2D eigenvalue weighted by Gasteiger charge is 2.32. The quantitative estimate of drug-likeness (QED) is 0.521. The van der Waals surface area contributed by atoms with Crippen molar-refractivity contribution >= 4 is 11.9 Å². The van der Waals surface area contributed by atoms with Crippen LogP contribution in [0, 0.1) is 5.92 Å². The zero-order chi connectivity index (χ0) is 19.9. The minimum atomic E-state index is 0.282. The largest absolute Gasteiger partial charge is 0.357 e. The Labute approximate surface area is 170 Å². The first-order chi connectivity index (χ1) is 13.6. The second kappa shape index (κ2) is 10.4. The van der Waals surface area contributed by atoms with Crippen LogP contribution < -0.4 is 10.6 Å². The lowest BCUT2D eigenvalue weighted by atomic mass is 10.1. The van der Waals surface area contributed by atoms with Crippen molar-refractivity contribution < 1.29 is 4.79 Å². The number of nitrogens with zero attached hydrogens (tertiary/aromatic N) is 4. The average Bonchev–Trinajstić information content (AvgIpc) is 3.38. The van der Waals surface area contributed by atoms with Crippen LogP contribution in [0.3, 0.4) is 0 Å². The molecular formula is C21H40N6O. The van der Waals surface area contributed by atoms with Crippen molar-refractivity contribution in [3.63, 3.8) is 0 Å². The molecule has 3 fully saturated rings. The van der Waals surface area contributed by atoms with Crippen LogP contribution in [-0.4, -0.2) is 98.1 Å². The van der Waals surface area contributed by atoms with Gasteiger partial charge in [0.15, 0.2) is 5.96 Å². The summed E-state index contributed by atoms with van der Waals surface area (Å²) in [6, 6.07) is 0.760. The number of likely N-dealkylation sites (N-methyl/N-ethyl adjacent to an activating group) is 1. The van der Waals surface area contributed by atoms with Crippen LogP contribution in [0.2, 0.25) is 0 Å². The summed E-state index contributed by atoms with van der Waals surface area (Å²) in [7, 11) is 2.19. The third-order valence-electron chi connectivity index (χ3n) is 6.56. The molecule has 2 N–H and O–H groups in total. The Morgan fingerprint density at radius 1 is 1.11 bits per heavy atom. The molecule has 0 aromatic rings. The van der Waals surface area contributed by atoms with Crippen molar-refractivity contribution in [2.24, 2.45) is 10.9 Å². The average molecular weight is 393 g/mol. The van der Waals surface area contributed by atoms with Gasteiger partial charge in [0.1, 0.15) is 0 Å². The number of rotatable bonds is 6. The lowest BCUT2D eigenvalue weighted by Crippen LogP contribution is -2.49. The zero-order valence-corrected chi connectivity index (χ0v) is 18.1. The van der Waals surface area contributed by atoms with E-state index in [1.807, 2.05) is 0 Å². The molecule has 0 bridgehead atoms. The molecular weight excluding hydrogens is 352 g/mol.